The number of hydrogen-bond donors (Lipinski definition) is 3. The highest BCUT2D eigenvalue weighted by Gasteiger charge is 2.41. The van der Waals surface area contributed by atoms with E-state index in [0.29, 0.717) is 38.4 Å². The van der Waals surface area contributed by atoms with Gasteiger partial charge in [0.15, 0.2) is 0 Å². The number of sulfonamides is 1. The highest BCUT2D eigenvalue weighted by Crippen LogP contribution is 2.37. The summed E-state index contributed by atoms with van der Waals surface area (Å²) in [5, 5.41) is 13.3. The van der Waals surface area contributed by atoms with Crippen LogP contribution in [0, 0.1) is 17.8 Å². The maximum atomic E-state index is 12.7. The lowest BCUT2D eigenvalue weighted by Gasteiger charge is -2.43. The fraction of sp³-hybridized carbons (Fsp3) is 1.00. The van der Waals surface area contributed by atoms with E-state index >= 15 is 0 Å². The third kappa shape index (κ3) is 4.17. The number of alkyl halides is 1. The maximum absolute atomic E-state index is 12.7. The molecule has 6 nitrogen and oxygen atoms in total. The standard InChI is InChI=1S/C17H32ClN3O3S/c1-11-8-16(22)14(9-15(11)18)17(19)12-3-6-21(7-4-12)25(23,24)13-2-5-20-10-13/h11-17,20,22H,2-10,19H2,1H3/t11?,13?,14?,15?,16?,17-/m1/s1. The smallest absolute Gasteiger partial charge is 0.218 e. The van der Waals surface area contributed by atoms with Gasteiger partial charge in [-0.3, -0.25) is 0 Å². The molecule has 25 heavy (non-hydrogen) atoms. The van der Waals surface area contributed by atoms with Gasteiger partial charge in [0, 0.05) is 37.0 Å². The van der Waals surface area contributed by atoms with Gasteiger partial charge in [-0.1, -0.05) is 6.92 Å². The molecular weight excluding hydrogens is 362 g/mol. The van der Waals surface area contributed by atoms with E-state index in [-0.39, 0.29) is 28.5 Å². The molecule has 0 aromatic carbocycles. The molecule has 1 saturated carbocycles. The Bertz CT molecular complexity index is 547. The van der Waals surface area contributed by atoms with Gasteiger partial charge in [-0.05, 0) is 50.5 Å². The van der Waals surface area contributed by atoms with Gasteiger partial charge in [-0.2, -0.15) is 0 Å². The molecule has 146 valence electrons. The van der Waals surface area contributed by atoms with Gasteiger partial charge in [-0.15, -0.1) is 11.6 Å². The predicted octanol–water partition coefficient (Wildman–Crippen LogP) is 0.732. The number of nitrogens with one attached hydrogen (secondary N) is 1. The van der Waals surface area contributed by atoms with Crippen LogP contribution in [0.25, 0.3) is 0 Å². The van der Waals surface area contributed by atoms with E-state index in [1.54, 1.807) is 4.31 Å². The Balaban J connectivity index is 1.56. The number of aliphatic hydroxyl groups excluding tert-OH is 1. The molecule has 0 aromatic heterocycles. The van der Waals surface area contributed by atoms with Gasteiger partial charge in [-0.25, -0.2) is 12.7 Å². The summed E-state index contributed by atoms with van der Waals surface area (Å²) in [4.78, 5) is 0. The Morgan fingerprint density at radius 2 is 1.92 bits per heavy atom. The molecule has 0 aromatic rings. The second-order valence-corrected chi connectivity index (χ2v) is 10.9. The van der Waals surface area contributed by atoms with Crippen LogP contribution in [0.4, 0.5) is 0 Å². The monoisotopic (exact) mass is 393 g/mol. The normalized spacial score (nSPS) is 40.2. The van der Waals surface area contributed by atoms with Crippen LogP contribution in [-0.4, -0.2) is 66.8 Å². The number of rotatable bonds is 4. The first-order valence-electron chi connectivity index (χ1n) is 9.58. The van der Waals surface area contributed by atoms with E-state index in [2.05, 4.69) is 12.2 Å². The molecule has 3 rings (SSSR count). The summed E-state index contributed by atoms with van der Waals surface area (Å²) in [6.45, 7) is 4.50. The molecule has 3 aliphatic rings. The summed E-state index contributed by atoms with van der Waals surface area (Å²) < 4.78 is 27.0. The van der Waals surface area contributed by atoms with Crippen LogP contribution in [0.3, 0.4) is 0 Å². The zero-order valence-electron chi connectivity index (χ0n) is 15.0. The quantitative estimate of drug-likeness (QED) is 0.612. The molecule has 0 spiro atoms. The molecule has 2 heterocycles. The lowest BCUT2D eigenvalue weighted by Crippen LogP contribution is -2.52. The van der Waals surface area contributed by atoms with Crippen molar-refractivity contribution in [3.63, 3.8) is 0 Å². The third-order valence-corrected chi connectivity index (χ3v) is 9.49. The maximum Gasteiger partial charge on any atom is 0.218 e. The highest BCUT2D eigenvalue weighted by molar-refractivity contribution is 7.89. The van der Waals surface area contributed by atoms with Crippen molar-refractivity contribution in [2.75, 3.05) is 26.2 Å². The molecule has 0 amide bonds. The molecule has 0 radical (unpaired) electrons. The molecule has 5 unspecified atom stereocenters. The van der Waals surface area contributed by atoms with Crippen molar-refractivity contribution in [1.29, 1.82) is 0 Å². The van der Waals surface area contributed by atoms with Gasteiger partial charge in [0.1, 0.15) is 0 Å². The van der Waals surface area contributed by atoms with Crippen LogP contribution < -0.4 is 11.1 Å². The van der Waals surface area contributed by atoms with Crippen LogP contribution in [-0.2, 0) is 10.0 Å². The van der Waals surface area contributed by atoms with Crippen molar-refractivity contribution in [2.45, 2.75) is 61.8 Å². The highest BCUT2D eigenvalue weighted by atomic mass is 35.5. The molecular formula is C17H32ClN3O3S. The molecule has 4 N–H and O–H groups in total. The number of aliphatic hydroxyl groups is 1. The number of nitrogens with zero attached hydrogens (tertiary/aromatic N) is 1. The Hall–Kier alpha value is 0.0800. The van der Waals surface area contributed by atoms with Crippen molar-refractivity contribution >= 4 is 21.6 Å². The molecule has 1 aliphatic carbocycles. The molecule has 3 fully saturated rings. The fourth-order valence-corrected chi connectivity index (χ4v) is 6.92. The van der Waals surface area contributed by atoms with E-state index < -0.39 is 16.1 Å². The minimum Gasteiger partial charge on any atom is -0.393 e. The molecule has 6 atom stereocenters. The predicted molar refractivity (Wildman–Crippen MR) is 100 cm³/mol. The zero-order valence-corrected chi connectivity index (χ0v) is 16.6. The largest absolute Gasteiger partial charge is 0.393 e. The summed E-state index contributed by atoms with van der Waals surface area (Å²) in [7, 11) is -3.20. The number of halogens is 1. The summed E-state index contributed by atoms with van der Waals surface area (Å²) in [5.74, 6) is 0.586. The van der Waals surface area contributed by atoms with Crippen LogP contribution in [0.2, 0.25) is 0 Å². The van der Waals surface area contributed by atoms with Crippen LogP contribution in [0.5, 0.6) is 0 Å². The van der Waals surface area contributed by atoms with E-state index in [4.69, 9.17) is 17.3 Å². The molecule has 2 aliphatic heterocycles. The topological polar surface area (TPSA) is 95.7 Å². The van der Waals surface area contributed by atoms with E-state index in [9.17, 15) is 13.5 Å². The Kier molecular flexibility index (Phi) is 6.33. The van der Waals surface area contributed by atoms with E-state index in [0.717, 1.165) is 25.8 Å². The first-order valence-corrected chi connectivity index (χ1v) is 11.5. The van der Waals surface area contributed by atoms with Crippen molar-refractivity contribution in [3.05, 3.63) is 0 Å². The van der Waals surface area contributed by atoms with E-state index in [1.165, 1.54) is 0 Å². The van der Waals surface area contributed by atoms with E-state index in [1.807, 2.05) is 0 Å². The second kappa shape index (κ2) is 7.98. The number of piperidine rings is 1. The van der Waals surface area contributed by atoms with Gasteiger partial charge >= 0.3 is 0 Å². The second-order valence-electron chi connectivity index (χ2n) is 8.17. The SMILES string of the molecule is CC1CC(O)C([C@H](N)C2CCN(S(=O)(=O)C3CCNC3)CC2)CC1Cl. The van der Waals surface area contributed by atoms with Crippen molar-refractivity contribution in [2.24, 2.45) is 23.5 Å². The Morgan fingerprint density at radius 1 is 1.24 bits per heavy atom. The summed E-state index contributed by atoms with van der Waals surface area (Å²) in [6.07, 6.45) is 3.29. The van der Waals surface area contributed by atoms with Crippen LogP contribution in [0.1, 0.15) is 39.0 Å². The third-order valence-electron chi connectivity index (χ3n) is 6.56. The summed E-state index contributed by atoms with van der Waals surface area (Å²) in [5.41, 5.74) is 6.50. The van der Waals surface area contributed by atoms with Crippen molar-refractivity contribution in [3.8, 4) is 0 Å². The van der Waals surface area contributed by atoms with Crippen LogP contribution >= 0.6 is 11.6 Å². The van der Waals surface area contributed by atoms with Crippen molar-refractivity contribution in [1.82, 2.24) is 9.62 Å². The molecule has 0 bridgehead atoms. The first kappa shape index (κ1) is 19.8. The van der Waals surface area contributed by atoms with Gasteiger partial charge < -0.3 is 16.2 Å². The molecule has 2 saturated heterocycles. The van der Waals surface area contributed by atoms with Crippen molar-refractivity contribution < 1.29 is 13.5 Å². The summed E-state index contributed by atoms with van der Waals surface area (Å²) >= 11 is 6.41. The summed E-state index contributed by atoms with van der Waals surface area (Å²) in [6, 6.07) is -0.109. The molecule has 8 heteroatoms. The van der Waals surface area contributed by atoms with Gasteiger partial charge in [0.05, 0.1) is 11.4 Å². The zero-order chi connectivity index (χ0) is 18.2. The van der Waals surface area contributed by atoms with Gasteiger partial charge in [0.2, 0.25) is 10.0 Å². The van der Waals surface area contributed by atoms with Gasteiger partial charge in [0.25, 0.3) is 0 Å². The average Bonchev–Trinajstić information content (AvgIpc) is 3.13. The van der Waals surface area contributed by atoms with Crippen LogP contribution in [0.15, 0.2) is 0 Å². The average molecular weight is 394 g/mol. The number of nitrogens with two attached hydrogens (primary N) is 1. The lowest BCUT2D eigenvalue weighted by atomic mass is 9.72. The first-order chi connectivity index (χ1) is 11.8. The Morgan fingerprint density at radius 3 is 2.52 bits per heavy atom. The minimum atomic E-state index is -3.20. The lowest BCUT2D eigenvalue weighted by molar-refractivity contribution is 0.0218. The minimum absolute atomic E-state index is 0.0193. The Labute approximate surface area is 156 Å². The fourth-order valence-electron chi connectivity index (χ4n) is 4.72. The number of hydrogen-bond acceptors (Lipinski definition) is 5.